The molecule has 2 aliphatic rings. The van der Waals surface area contributed by atoms with Gasteiger partial charge in [-0.05, 0) is 43.4 Å². The summed E-state index contributed by atoms with van der Waals surface area (Å²) in [6, 6.07) is 6.80. The molecule has 8 heteroatoms. The lowest BCUT2D eigenvalue weighted by Crippen LogP contribution is -2.44. The zero-order valence-electron chi connectivity index (χ0n) is 17.9. The molecule has 31 heavy (non-hydrogen) atoms. The van der Waals surface area contributed by atoms with E-state index in [9.17, 15) is 14.0 Å². The predicted octanol–water partition coefficient (Wildman–Crippen LogP) is 3.35. The molecule has 1 saturated heterocycles. The van der Waals surface area contributed by atoms with Crippen LogP contribution in [0.25, 0.3) is 0 Å². The molecule has 4 rings (SSSR count). The van der Waals surface area contributed by atoms with Crippen LogP contribution in [0.1, 0.15) is 49.4 Å². The van der Waals surface area contributed by atoms with Gasteiger partial charge in [-0.1, -0.05) is 30.8 Å². The van der Waals surface area contributed by atoms with Gasteiger partial charge in [0.05, 0.1) is 17.0 Å². The van der Waals surface area contributed by atoms with E-state index in [1.165, 1.54) is 30.3 Å². The quantitative estimate of drug-likeness (QED) is 0.547. The van der Waals surface area contributed by atoms with Gasteiger partial charge in [-0.2, -0.15) is 0 Å². The van der Waals surface area contributed by atoms with Gasteiger partial charge in [0.1, 0.15) is 5.82 Å². The van der Waals surface area contributed by atoms with Crippen LogP contribution in [0.3, 0.4) is 0 Å². The second kappa shape index (κ2) is 9.96. The van der Waals surface area contributed by atoms with Crippen molar-refractivity contribution in [1.29, 1.82) is 0 Å². The molecule has 1 aromatic carbocycles. The molecule has 0 saturated carbocycles. The van der Waals surface area contributed by atoms with Gasteiger partial charge in [-0.15, -0.1) is 0 Å². The number of fused-ring (bicyclic) bond motifs is 1. The lowest BCUT2D eigenvalue weighted by atomic mass is 10.0. The summed E-state index contributed by atoms with van der Waals surface area (Å²) in [5.74, 6) is 0.180. The third kappa shape index (κ3) is 5.36. The second-order valence-electron chi connectivity index (χ2n) is 8.32. The number of nitrogens with zero attached hydrogens (tertiary/aromatic N) is 3. The van der Waals surface area contributed by atoms with Crippen LogP contribution in [0.2, 0.25) is 0 Å². The molecule has 1 fully saturated rings. The number of halogens is 1. The Hall–Kier alpha value is -2.19. The number of benzene rings is 1. The first-order valence-corrected chi connectivity index (χ1v) is 12.0. The van der Waals surface area contributed by atoms with Crippen molar-refractivity contribution in [3.63, 3.8) is 0 Å². The van der Waals surface area contributed by atoms with Crippen LogP contribution in [0.5, 0.6) is 0 Å². The fraction of sp³-hybridized carbons (Fsp3) is 0.522. The molecule has 166 valence electrons. The van der Waals surface area contributed by atoms with E-state index >= 15 is 0 Å². The van der Waals surface area contributed by atoms with E-state index in [2.05, 4.69) is 21.8 Å². The van der Waals surface area contributed by atoms with Gasteiger partial charge in [-0.3, -0.25) is 14.5 Å². The number of thioether (sulfide) groups is 1. The Morgan fingerprint density at radius 2 is 2.06 bits per heavy atom. The number of H-pyrrole nitrogens is 1. The maximum Gasteiger partial charge on any atom is 0.256 e. The van der Waals surface area contributed by atoms with Crippen molar-refractivity contribution in [3.05, 3.63) is 57.3 Å². The number of amides is 1. The van der Waals surface area contributed by atoms with Crippen LogP contribution < -0.4 is 5.56 Å². The highest BCUT2D eigenvalue weighted by Gasteiger charge is 2.26. The van der Waals surface area contributed by atoms with E-state index < -0.39 is 0 Å². The van der Waals surface area contributed by atoms with Crippen LogP contribution in [-0.2, 0) is 24.3 Å². The number of nitrogens with one attached hydrogen (secondary N) is 1. The second-order valence-corrected chi connectivity index (χ2v) is 9.28. The summed E-state index contributed by atoms with van der Waals surface area (Å²) in [6.07, 6.45) is 5.00. The smallest absolute Gasteiger partial charge is 0.256 e. The minimum Gasteiger partial charge on any atom is -0.339 e. The lowest BCUT2D eigenvalue weighted by Gasteiger charge is -2.35. The van der Waals surface area contributed by atoms with Gasteiger partial charge >= 0.3 is 0 Å². The molecule has 0 bridgehead atoms. The van der Waals surface area contributed by atoms with E-state index in [0.29, 0.717) is 42.0 Å². The molecule has 3 heterocycles. The number of carbonyl (C=O) groups is 1. The Bertz CT molecular complexity index is 979. The summed E-state index contributed by atoms with van der Waals surface area (Å²) in [4.78, 5) is 37.1. The minimum atomic E-state index is -0.248. The minimum absolute atomic E-state index is 0.127. The van der Waals surface area contributed by atoms with Gasteiger partial charge in [0, 0.05) is 38.6 Å². The van der Waals surface area contributed by atoms with Crippen molar-refractivity contribution in [2.75, 3.05) is 18.8 Å². The van der Waals surface area contributed by atoms with E-state index in [1.54, 1.807) is 12.1 Å². The Labute approximate surface area is 186 Å². The number of hydrogen-bond donors (Lipinski definition) is 1. The third-order valence-corrected chi connectivity index (χ3v) is 7.05. The zero-order chi connectivity index (χ0) is 21.8. The van der Waals surface area contributed by atoms with Crippen LogP contribution in [0.15, 0.2) is 34.2 Å². The Kier molecular flexibility index (Phi) is 7.07. The fourth-order valence-electron chi connectivity index (χ4n) is 4.48. The molecule has 0 unspecified atom stereocenters. The van der Waals surface area contributed by atoms with Crippen molar-refractivity contribution in [2.45, 2.75) is 63.3 Å². The van der Waals surface area contributed by atoms with Crippen molar-refractivity contribution in [3.8, 4) is 0 Å². The first-order chi connectivity index (χ1) is 15.0. The number of aromatic amines is 1. The Morgan fingerprint density at radius 3 is 2.84 bits per heavy atom. The monoisotopic (exact) mass is 444 g/mol. The molecule has 1 N–H and O–H groups in total. The highest BCUT2D eigenvalue weighted by Crippen LogP contribution is 2.23. The topological polar surface area (TPSA) is 69.3 Å². The Balaban J connectivity index is 1.38. The van der Waals surface area contributed by atoms with Crippen LogP contribution >= 0.6 is 11.8 Å². The van der Waals surface area contributed by atoms with E-state index in [4.69, 9.17) is 0 Å². The number of aromatic nitrogens is 2. The average Bonchev–Trinajstić information content (AvgIpc) is 2.79. The SMILES string of the molecule is CC[C@@H]1CCCCN1C(=O)CSc1nc2c(c(=O)[nH]1)CN(Cc1ccc(F)cc1)CC2. The van der Waals surface area contributed by atoms with Crippen molar-refractivity contribution in [2.24, 2.45) is 0 Å². The third-order valence-electron chi connectivity index (χ3n) is 6.20. The Morgan fingerprint density at radius 1 is 1.26 bits per heavy atom. The fourth-order valence-corrected chi connectivity index (χ4v) is 5.24. The summed E-state index contributed by atoms with van der Waals surface area (Å²) in [7, 11) is 0. The number of likely N-dealkylation sites (tertiary alicyclic amines) is 1. The standard InChI is InChI=1S/C23H29FN4O2S/c1-2-18-5-3-4-11-28(18)21(29)15-31-23-25-20-10-12-27(14-19(20)22(30)26-23)13-16-6-8-17(24)9-7-16/h6-9,18H,2-5,10-15H2,1H3,(H,25,26,30)/t18-/m1/s1. The lowest BCUT2D eigenvalue weighted by molar-refractivity contribution is -0.132. The molecule has 6 nitrogen and oxygen atoms in total. The van der Waals surface area contributed by atoms with Gasteiger partial charge < -0.3 is 9.88 Å². The zero-order valence-corrected chi connectivity index (χ0v) is 18.7. The normalized spacial score (nSPS) is 19.3. The number of rotatable bonds is 6. The number of carbonyl (C=O) groups excluding carboxylic acids is 1. The summed E-state index contributed by atoms with van der Waals surface area (Å²) >= 11 is 1.32. The maximum atomic E-state index is 13.1. The molecule has 0 aliphatic carbocycles. The first-order valence-electron chi connectivity index (χ1n) is 11.0. The van der Waals surface area contributed by atoms with Gasteiger partial charge in [0.15, 0.2) is 5.16 Å². The first kappa shape index (κ1) is 22.0. The highest BCUT2D eigenvalue weighted by molar-refractivity contribution is 7.99. The van der Waals surface area contributed by atoms with Crippen molar-refractivity contribution >= 4 is 17.7 Å². The summed E-state index contributed by atoms with van der Waals surface area (Å²) < 4.78 is 13.1. The highest BCUT2D eigenvalue weighted by atomic mass is 32.2. The molecular formula is C23H29FN4O2S. The van der Waals surface area contributed by atoms with Crippen LogP contribution in [-0.4, -0.2) is 50.6 Å². The molecule has 1 atom stereocenters. The van der Waals surface area contributed by atoms with E-state index in [1.807, 2.05) is 4.90 Å². The summed E-state index contributed by atoms with van der Waals surface area (Å²) in [5.41, 5.74) is 2.39. The molecular weight excluding hydrogens is 415 g/mol. The van der Waals surface area contributed by atoms with Crippen LogP contribution in [0, 0.1) is 5.82 Å². The molecule has 0 spiro atoms. The van der Waals surface area contributed by atoms with Crippen LogP contribution in [0.4, 0.5) is 4.39 Å². The molecule has 0 radical (unpaired) electrons. The average molecular weight is 445 g/mol. The van der Waals surface area contributed by atoms with E-state index in [-0.39, 0.29) is 17.3 Å². The largest absolute Gasteiger partial charge is 0.339 e. The maximum absolute atomic E-state index is 13.1. The molecule has 2 aromatic rings. The predicted molar refractivity (Wildman–Crippen MR) is 119 cm³/mol. The number of piperidine rings is 1. The van der Waals surface area contributed by atoms with Gasteiger partial charge in [0.2, 0.25) is 5.91 Å². The van der Waals surface area contributed by atoms with Gasteiger partial charge in [-0.25, -0.2) is 9.37 Å². The summed E-state index contributed by atoms with van der Waals surface area (Å²) in [6.45, 7) is 4.93. The molecule has 1 aromatic heterocycles. The van der Waals surface area contributed by atoms with Crippen molar-refractivity contribution < 1.29 is 9.18 Å². The van der Waals surface area contributed by atoms with E-state index in [0.717, 1.165) is 43.6 Å². The summed E-state index contributed by atoms with van der Waals surface area (Å²) in [5, 5.41) is 0.522. The van der Waals surface area contributed by atoms with Crippen molar-refractivity contribution in [1.82, 2.24) is 19.8 Å². The molecule has 2 aliphatic heterocycles. The number of hydrogen-bond acceptors (Lipinski definition) is 5. The molecule has 1 amide bonds. The van der Waals surface area contributed by atoms with Gasteiger partial charge in [0.25, 0.3) is 5.56 Å².